The largest absolute Gasteiger partial charge is 3.00 e. The van der Waals surface area contributed by atoms with E-state index in [0.717, 1.165) is 16.7 Å². The van der Waals surface area contributed by atoms with Gasteiger partial charge in [-0.25, -0.2) is 0 Å². The van der Waals surface area contributed by atoms with Crippen molar-refractivity contribution in [2.24, 2.45) is 0 Å². The van der Waals surface area contributed by atoms with Gasteiger partial charge in [0.25, 0.3) is 0 Å². The minimum Gasteiger partial charge on any atom is -0.428 e. The molecule has 165 valence electrons. The van der Waals surface area contributed by atoms with E-state index < -0.39 is 0 Å². The molecule has 0 amide bonds. The van der Waals surface area contributed by atoms with Gasteiger partial charge in [0, 0.05) is 0 Å². The molecule has 0 unspecified atom stereocenters. The summed E-state index contributed by atoms with van der Waals surface area (Å²) in [5.41, 5.74) is 6.78. The van der Waals surface area contributed by atoms with Gasteiger partial charge in [-0.2, -0.15) is 55.7 Å². The monoisotopic (exact) mass is 454 g/mol. The van der Waals surface area contributed by atoms with Gasteiger partial charge in [-0.15, -0.1) is 18.2 Å². The molecular weight excluding hydrogens is 418 g/mol. The maximum atomic E-state index is 3.90. The molecule has 3 aromatic carbocycles. The number of rotatable bonds is 3. The zero-order valence-electron chi connectivity index (χ0n) is 19.8. The molecule has 0 aliphatic carbocycles. The second kappa shape index (κ2) is 14.3. The first-order chi connectivity index (χ1) is 14.1. The van der Waals surface area contributed by atoms with E-state index in [1.54, 1.807) is 0 Å². The van der Waals surface area contributed by atoms with Crippen LogP contribution in [0.15, 0.2) is 72.8 Å². The molecule has 0 saturated carbocycles. The third kappa shape index (κ3) is 9.70. The zero-order chi connectivity index (χ0) is 22.7. The summed E-state index contributed by atoms with van der Waals surface area (Å²) in [4.78, 5) is 6.17. The fourth-order valence-electron chi connectivity index (χ4n) is 2.84. The standard InChI is InChI=1S/3C9H12N.Cr/c3*1-8-6-4-5-7-9(8)10(2)3;/h3*4-7H,1H2,2-3H3;/q3*-1;+3. The van der Waals surface area contributed by atoms with E-state index in [1.165, 1.54) is 17.1 Å². The van der Waals surface area contributed by atoms with Gasteiger partial charge in [0.1, 0.15) is 0 Å². The topological polar surface area (TPSA) is 9.72 Å². The van der Waals surface area contributed by atoms with E-state index in [2.05, 4.69) is 53.7 Å². The van der Waals surface area contributed by atoms with Gasteiger partial charge in [0.15, 0.2) is 0 Å². The Hall–Kier alpha value is -2.80. The maximum absolute atomic E-state index is 3.90. The quantitative estimate of drug-likeness (QED) is 0.463. The van der Waals surface area contributed by atoms with Gasteiger partial charge in [-0.05, 0) is 42.3 Å². The summed E-state index contributed by atoms with van der Waals surface area (Å²) < 4.78 is 0. The van der Waals surface area contributed by atoms with Crippen LogP contribution in [-0.4, -0.2) is 42.3 Å². The van der Waals surface area contributed by atoms with Crippen LogP contribution < -0.4 is 14.7 Å². The van der Waals surface area contributed by atoms with Crippen LogP contribution in [0.1, 0.15) is 16.7 Å². The van der Waals surface area contributed by atoms with Gasteiger partial charge in [-0.1, -0.05) is 53.5 Å². The van der Waals surface area contributed by atoms with Crippen molar-refractivity contribution >= 4 is 17.1 Å². The molecule has 0 spiro atoms. The van der Waals surface area contributed by atoms with Crippen LogP contribution >= 0.6 is 0 Å². The molecule has 0 fully saturated rings. The Morgan fingerprint density at radius 1 is 0.419 bits per heavy atom. The van der Waals surface area contributed by atoms with Crippen molar-refractivity contribution < 1.29 is 17.4 Å². The SMILES string of the molecule is [CH2-]c1ccccc1N(C)C.[CH2-]c1ccccc1N(C)C.[CH2-]c1ccccc1N(C)C.[Cr+3]. The summed E-state index contributed by atoms with van der Waals surface area (Å²) >= 11 is 0. The maximum Gasteiger partial charge on any atom is 3.00 e. The molecule has 0 saturated heterocycles. The third-order valence-electron chi connectivity index (χ3n) is 4.42. The van der Waals surface area contributed by atoms with Gasteiger partial charge < -0.3 is 14.7 Å². The molecule has 31 heavy (non-hydrogen) atoms. The Bertz CT molecular complexity index is 771. The smallest absolute Gasteiger partial charge is 0.428 e. The van der Waals surface area contributed by atoms with Crippen molar-refractivity contribution in [1.82, 2.24) is 0 Å². The van der Waals surface area contributed by atoms with Crippen LogP contribution in [0.4, 0.5) is 17.1 Å². The molecule has 3 rings (SSSR count). The average molecular weight is 455 g/mol. The van der Waals surface area contributed by atoms with Crippen molar-refractivity contribution in [3.8, 4) is 0 Å². The Labute approximate surface area is 201 Å². The van der Waals surface area contributed by atoms with Crippen molar-refractivity contribution in [1.29, 1.82) is 0 Å². The van der Waals surface area contributed by atoms with E-state index in [0.29, 0.717) is 0 Å². The van der Waals surface area contributed by atoms with Crippen LogP contribution in [0.25, 0.3) is 0 Å². The molecule has 0 atom stereocenters. The molecule has 4 heteroatoms. The van der Waals surface area contributed by atoms with Crippen LogP contribution in [0, 0.1) is 20.8 Å². The predicted octanol–water partition coefficient (Wildman–Crippen LogP) is 5.80. The summed E-state index contributed by atoms with van der Waals surface area (Å²) in [6.45, 7) is 11.7. The number of para-hydroxylation sites is 3. The van der Waals surface area contributed by atoms with Gasteiger partial charge in [-0.3, -0.25) is 0 Å². The first kappa shape index (κ1) is 28.2. The predicted molar refractivity (Wildman–Crippen MR) is 136 cm³/mol. The van der Waals surface area contributed by atoms with Crippen molar-refractivity contribution in [2.75, 3.05) is 57.0 Å². The number of benzene rings is 3. The van der Waals surface area contributed by atoms with Crippen molar-refractivity contribution in [2.45, 2.75) is 0 Å². The van der Waals surface area contributed by atoms with Gasteiger partial charge in [0.2, 0.25) is 0 Å². The minimum absolute atomic E-state index is 0. The van der Waals surface area contributed by atoms with Crippen LogP contribution in [0.2, 0.25) is 0 Å². The average Bonchev–Trinajstić information content (AvgIpc) is 2.69. The zero-order valence-corrected chi connectivity index (χ0v) is 21.1. The molecule has 3 aromatic rings. The van der Waals surface area contributed by atoms with E-state index >= 15 is 0 Å². The second-order valence-corrected chi connectivity index (χ2v) is 7.57. The van der Waals surface area contributed by atoms with Crippen LogP contribution in [-0.2, 0) is 17.4 Å². The summed E-state index contributed by atoms with van der Waals surface area (Å²) in [7, 11) is 12.1. The number of nitrogens with zero attached hydrogens (tertiary/aromatic N) is 3. The summed E-state index contributed by atoms with van der Waals surface area (Å²) in [5.74, 6) is 0. The molecule has 0 aliphatic heterocycles. The molecule has 0 bridgehead atoms. The fourth-order valence-corrected chi connectivity index (χ4v) is 2.84. The van der Waals surface area contributed by atoms with E-state index in [9.17, 15) is 0 Å². The van der Waals surface area contributed by atoms with E-state index in [1.807, 2.05) is 96.9 Å². The molecule has 1 radical (unpaired) electrons. The van der Waals surface area contributed by atoms with Crippen LogP contribution in [0.3, 0.4) is 0 Å². The second-order valence-electron chi connectivity index (χ2n) is 7.57. The van der Waals surface area contributed by atoms with Crippen molar-refractivity contribution in [3.63, 3.8) is 0 Å². The molecule has 0 N–H and O–H groups in total. The summed E-state index contributed by atoms with van der Waals surface area (Å²) in [6.07, 6.45) is 0. The molecule has 0 aliphatic rings. The molecule has 3 nitrogen and oxygen atoms in total. The minimum atomic E-state index is 0. The first-order valence-corrected chi connectivity index (χ1v) is 9.90. The summed E-state index contributed by atoms with van der Waals surface area (Å²) in [5, 5.41) is 0. The number of hydrogen-bond acceptors (Lipinski definition) is 3. The Morgan fingerprint density at radius 2 is 0.613 bits per heavy atom. The number of hydrogen-bond donors (Lipinski definition) is 0. The van der Waals surface area contributed by atoms with Crippen LogP contribution in [0.5, 0.6) is 0 Å². The Morgan fingerprint density at radius 3 is 0.742 bits per heavy atom. The molecular formula is C27H36CrN3. The Kier molecular flexibility index (Phi) is 13.0. The molecule has 0 heterocycles. The third-order valence-corrected chi connectivity index (χ3v) is 4.42. The van der Waals surface area contributed by atoms with Gasteiger partial charge in [0.05, 0.1) is 0 Å². The van der Waals surface area contributed by atoms with E-state index in [-0.39, 0.29) is 17.4 Å². The fraction of sp³-hybridized carbons (Fsp3) is 0.222. The molecule has 0 aromatic heterocycles. The first-order valence-electron chi connectivity index (χ1n) is 9.90. The summed E-state index contributed by atoms with van der Waals surface area (Å²) in [6, 6.07) is 24.2. The normalized spacial score (nSPS) is 9.10. The van der Waals surface area contributed by atoms with E-state index in [4.69, 9.17) is 0 Å². The Balaban J connectivity index is 0.000000429. The number of anilines is 3. The van der Waals surface area contributed by atoms with Crippen molar-refractivity contribution in [3.05, 3.63) is 110 Å². The van der Waals surface area contributed by atoms with Gasteiger partial charge >= 0.3 is 17.4 Å².